The van der Waals surface area contributed by atoms with Crippen molar-refractivity contribution in [3.05, 3.63) is 83.1 Å². The first kappa shape index (κ1) is 13.4. The topological polar surface area (TPSA) is 20.3 Å². The summed E-state index contributed by atoms with van der Waals surface area (Å²) < 4.78 is 0. The van der Waals surface area contributed by atoms with Gasteiger partial charge in [-0.3, -0.25) is 4.79 Å². The molecular weight excluding hydrogens is 258 g/mol. The number of hydrogen-bond donors (Lipinski definition) is 0. The number of para-hydroxylation sites is 1. The number of carbonyl (C=O) groups is 1. The van der Waals surface area contributed by atoms with Gasteiger partial charge in [0, 0.05) is 24.0 Å². The molecule has 0 saturated carbocycles. The summed E-state index contributed by atoms with van der Waals surface area (Å²) in [5.74, 6) is 0.0508. The predicted molar refractivity (Wildman–Crippen MR) is 87.9 cm³/mol. The molecule has 104 valence electrons. The normalized spacial score (nSPS) is 21.0. The minimum Gasteiger partial charge on any atom is -0.344 e. The van der Waals surface area contributed by atoms with E-state index in [1.165, 1.54) is 16.8 Å². The molecule has 0 saturated heterocycles. The number of likely N-dealkylation sites (N-methyl/N-ethyl adjacent to an activating group) is 1. The molecule has 1 aromatic rings. The number of allylic oxidation sites excluding steroid dienone is 8. The first-order chi connectivity index (χ1) is 10.2. The Balaban J connectivity index is 1.99. The SMILES string of the molecule is CC1=Cc2ccccc2N(C)/C1=C\C=C1/C=CC=CC1=O. The van der Waals surface area contributed by atoms with Crippen molar-refractivity contribution in [1.29, 1.82) is 0 Å². The quantitative estimate of drug-likeness (QED) is 0.721. The van der Waals surface area contributed by atoms with Gasteiger partial charge in [-0.15, -0.1) is 0 Å². The van der Waals surface area contributed by atoms with Crippen molar-refractivity contribution in [2.24, 2.45) is 0 Å². The lowest BCUT2D eigenvalue weighted by Gasteiger charge is -2.29. The van der Waals surface area contributed by atoms with Gasteiger partial charge in [0.15, 0.2) is 5.78 Å². The minimum absolute atomic E-state index is 0.0508. The number of benzene rings is 1. The Morgan fingerprint density at radius 1 is 1.05 bits per heavy atom. The van der Waals surface area contributed by atoms with Gasteiger partial charge in [-0.1, -0.05) is 36.4 Å². The van der Waals surface area contributed by atoms with Gasteiger partial charge in [0.25, 0.3) is 0 Å². The van der Waals surface area contributed by atoms with Crippen LogP contribution in [0.1, 0.15) is 12.5 Å². The smallest absolute Gasteiger partial charge is 0.185 e. The maximum atomic E-state index is 11.8. The molecule has 1 aromatic carbocycles. The lowest BCUT2D eigenvalue weighted by atomic mass is 9.99. The molecule has 0 radical (unpaired) electrons. The Labute approximate surface area is 125 Å². The highest BCUT2D eigenvalue weighted by atomic mass is 16.1. The zero-order valence-corrected chi connectivity index (χ0v) is 12.2. The number of nitrogens with zero attached hydrogens (tertiary/aromatic N) is 1. The van der Waals surface area contributed by atoms with E-state index in [1.807, 2.05) is 36.4 Å². The maximum Gasteiger partial charge on any atom is 0.185 e. The molecule has 21 heavy (non-hydrogen) atoms. The van der Waals surface area contributed by atoms with E-state index in [-0.39, 0.29) is 5.78 Å². The molecule has 0 N–H and O–H groups in total. The highest BCUT2D eigenvalue weighted by Gasteiger charge is 2.16. The summed E-state index contributed by atoms with van der Waals surface area (Å²) in [6, 6.07) is 8.31. The third-order valence-electron chi connectivity index (χ3n) is 3.78. The molecule has 0 spiro atoms. The summed E-state index contributed by atoms with van der Waals surface area (Å²) in [5, 5.41) is 0. The van der Waals surface area contributed by atoms with E-state index in [4.69, 9.17) is 0 Å². The molecule has 1 aliphatic heterocycles. The van der Waals surface area contributed by atoms with Crippen molar-refractivity contribution >= 4 is 17.5 Å². The average molecular weight is 275 g/mol. The lowest BCUT2D eigenvalue weighted by molar-refractivity contribution is -0.111. The van der Waals surface area contributed by atoms with Gasteiger partial charge >= 0.3 is 0 Å². The van der Waals surface area contributed by atoms with E-state index in [0.29, 0.717) is 5.57 Å². The van der Waals surface area contributed by atoms with E-state index in [2.05, 4.69) is 37.1 Å². The molecule has 2 heteroatoms. The zero-order valence-electron chi connectivity index (χ0n) is 12.2. The van der Waals surface area contributed by atoms with Crippen molar-refractivity contribution in [3.8, 4) is 0 Å². The van der Waals surface area contributed by atoms with E-state index < -0.39 is 0 Å². The summed E-state index contributed by atoms with van der Waals surface area (Å²) in [6.07, 6.45) is 13.2. The number of rotatable bonds is 1. The largest absolute Gasteiger partial charge is 0.344 e. The van der Waals surface area contributed by atoms with Crippen molar-refractivity contribution in [2.45, 2.75) is 6.92 Å². The van der Waals surface area contributed by atoms with E-state index >= 15 is 0 Å². The molecule has 1 aliphatic carbocycles. The van der Waals surface area contributed by atoms with Crippen LogP contribution in [0.25, 0.3) is 6.08 Å². The molecule has 2 aliphatic rings. The minimum atomic E-state index is 0.0508. The number of fused-ring (bicyclic) bond motifs is 1. The maximum absolute atomic E-state index is 11.8. The van der Waals surface area contributed by atoms with Gasteiger partial charge in [-0.05, 0) is 48.4 Å². The van der Waals surface area contributed by atoms with Crippen LogP contribution in [0.15, 0.2) is 77.6 Å². The van der Waals surface area contributed by atoms with Crippen LogP contribution in [-0.2, 0) is 4.79 Å². The second kappa shape index (κ2) is 5.41. The van der Waals surface area contributed by atoms with Crippen molar-refractivity contribution in [3.63, 3.8) is 0 Å². The molecule has 0 amide bonds. The van der Waals surface area contributed by atoms with E-state index in [0.717, 1.165) is 5.70 Å². The highest BCUT2D eigenvalue weighted by Crippen LogP contribution is 2.33. The van der Waals surface area contributed by atoms with Crippen LogP contribution < -0.4 is 4.90 Å². The van der Waals surface area contributed by atoms with Gasteiger partial charge in [0.05, 0.1) is 0 Å². The molecule has 2 nitrogen and oxygen atoms in total. The zero-order chi connectivity index (χ0) is 14.8. The van der Waals surface area contributed by atoms with Crippen LogP contribution in [-0.4, -0.2) is 12.8 Å². The standard InChI is InChI=1S/C19H17NO/c1-14-13-16-8-3-5-9-18(16)20(2)17(14)12-11-15-7-4-6-10-19(15)21/h3-13H,1-2H3/b15-11+,17-12-. The van der Waals surface area contributed by atoms with Crippen LogP contribution in [0.5, 0.6) is 0 Å². The summed E-state index contributed by atoms with van der Waals surface area (Å²) in [4.78, 5) is 13.9. The van der Waals surface area contributed by atoms with Crippen LogP contribution >= 0.6 is 0 Å². The van der Waals surface area contributed by atoms with Gasteiger partial charge in [0.2, 0.25) is 0 Å². The average Bonchev–Trinajstić information content (AvgIpc) is 2.49. The fourth-order valence-electron chi connectivity index (χ4n) is 2.65. The second-order valence-corrected chi connectivity index (χ2v) is 5.20. The van der Waals surface area contributed by atoms with Gasteiger partial charge in [-0.2, -0.15) is 0 Å². The number of carbonyl (C=O) groups excluding carboxylic acids is 1. The van der Waals surface area contributed by atoms with Gasteiger partial charge in [0.1, 0.15) is 0 Å². The predicted octanol–water partition coefficient (Wildman–Crippen LogP) is 4.05. The number of anilines is 1. The molecule has 0 atom stereocenters. The van der Waals surface area contributed by atoms with Crippen molar-refractivity contribution in [1.82, 2.24) is 0 Å². The summed E-state index contributed by atoms with van der Waals surface area (Å²) in [7, 11) is 2.05. The second-order valence-electron chi connectivity index (χ2n) is 5.20. The molecule has 1 heterocycles. The van der Waals surface area contributed by atoms with Crippen molar-refractivity contribution < 1.29 is 4.79 Å². The molecule has 0 unspecified atom stereocenters. The van der Waals surface area contributed by atoms with Crippen LogP contribution in [0.2, 0.25) is 0 Å². The van der Waals surface area contributed by atoms with Crippen LogP contribution in [0.4, 0.5) is 5.69 Å². The Hall–Kier alpha value is -2.61. The Morgan fingerprint density at radius 3 is 2.62 bits per heavy atom. The van der Waals surface area contributed by atoms with Gasteiger partial charge in [-0.25, -0.2) is 0 Å². The summed E-state index contributed by atoms with van der Waals surface area (Å²) in [6.45, 7) is 2.09. The molecule has 0 aromatic heterocycles. The molecule has 0 bridgehead atoms. The fourth-order valence-corrected chi connectivity index (χ4v) is 2.65. The van der Waals surface area contributed by atoms with Crippen LogP contribution in [0, 0.1) is 0 Å². The molecule has 3 rings (SSSR count). The molecule has 0 fully saturated rings. The van der Waals surface area contributed by atoms with Gasteiger partial charge < -0.3 is 4.90 Å². The first-order valence-corrected chi connectivity index (χ1v) is 6.99. The monoisotopic (exact) mass is 275 g/mol. The van der Waals surface area contributed by atoms with Crippen molar-refractivity contribution in [2.75, 3.05) is 11.9 Å². The Bertz CT molecular complexity index is 745. The number of ketones is 1. The molecular formula is C19H17NO. The van der Waals surface area contributed by atoms with E-state index in [1.54, 1.807) is 12.2 Å². The Morgan fingerprint density at radius 2 is 1.81 bits per heavy atom. The Kier molecular flexibility index (Phi) is 3.44. The fraction of sp³-hybridized carbons (Fsp3) is 0.105. The highest BCUT2D eigenvalue weighted by molar-refractivity contribution is 6.07. The first-order valence-electron chi connectivity index (χ1n) is 6.99. The van der Waals surface area contributed by atoms with E-state index in [9.17, 15) is 4.79 Å². The summed E-state index contributed by atoms with van der Waals surface area (Å²) in [5.41, 5.74) is 5.41. The third kappa shape index (κ3) is 2.52. The lowest BCUT2D eigenvalue weighted by Crippen LogP contribution is -2.21. The third-order valence-corrected chi connectivity index (χ3v) is 3.78. The summed E-state index contributed by atoms with van der Waals surface area (Å²) >= 11 is 0. The number of hydrogen-bond acceptors (Lipinski definition) is 2. The van der Waals surface area contributed by atoms with Crippen LogP contribution in [0.3, 0.4) is 0 Å².